The average Bonchev–Trinajstić information content (AvgIpc) is 2.71. The molecule has 3 N–H and O–H groups in total. The van der Waals surface area contributed by atoms with Gasteiger partial charge >= 0.3 is 0 Å². The van der Waals surface area contributed by atoms with Crippen LogP contribution in [0, 0.1) is 11.8 Å². The molecule has 0 aliphatic heterocycles. The van der Waals surface area contributed by atoms with Gasteiger partial charge in [0.1, 0.15) is 0 Å². The second-order valence-electron chi connectivity index (χ2n) is 9.27. The summed E-state index contributed by atoms with van der Waals surface area (Å²) in [4.78, 5) is -0.665. The van der Waals surface area contributed by atoms with Gasteiger partial charge in [-0.1, -0.05) is 127 Å². The van der Waals surface area contributed by atoms with E-state index in [2.05, 4.69) is 36.7 Å². The van der Waals surface area contributed by atoms with Crippen molar-refractivity contribution < 1.29 is 15.3 Å². The summed E-state index contributed by atoms with van der Waals surface area (Å²) in [5.74, 6) is 0.158. The summed E-state index contributed by atoms with van der Waals surface area (Å²) in [5.41, 5.74) is 0. The Morgan fingerprint density at radius 1 is 0.600 bits per heavy atom. The van der Waals surface area contributed by atoms with E-state index in [1.165, 1.54) is 103 Å². The molecule has 4 heteroatoms. The van der Waals surface area contributed by atoms with Crippen LogP contribution in [-0.4, -0.2) is 26.1 Å². The highest BCUT2D eigenvalue weighted by molar-refractivity contribution is 9.09. The maximum Gasteiger partial charge on any atom is 0.288 e. The molecule has 0 saturated heterocycles. The molecule has 0 aliphatic carbocycles. The Kier molecular flexibility index (Phi) is 20.2. The first-order valence-electron chi connectivity index (χ1n) is 13.0. The third kappa shape index (κ3) is 17.0. The maximum absolute atomic E-state index is 9.08. The number of halogens is 1. The molecule has 0 heterocycles. The van der Waals surface area contributed by atoms with E-state index in [4.69, 9.17) is 15.3 Å². The summed E-state index contributed by atoms with van der Waals surface area (Å²) >= 11 is 3.12. The molecule has 30 heavy (non-hydrogen) atoms. The molecule has 181 valence electrons. The van der Waals surface area contributed by atoms with Gasteiger partial charge in [0.2, 0.25) is 0 Å². The lowest BCUT2D eigenvalue weighted by atomic mass is 9.78. The SMILES string of the molecule is CCCC[C](CCCC)C(CCCC)CCCCCCCCCCC(Br)C(O)(O)O. The van der Waals surface area contributed by atoms with Crippen LogP contribution in [0.15, 0.2) is 0 Å². The molecule has 0 bridgehead atoms. The first-order chi connectivity index (χ1) is 14.4. The van der Waals surface area contributed by atoms with Gasteiger partial charge in [-0.15, -0.1) is 0 Å². The molecule has 1 radical (unpaired) electrons. The Morgan fingerprint density at radius 2 is 1.00 bits per heavy atom. The van der Waals surface area contributed by atoms with E-state index in [9.17, 15) is 0 Å². The summed E-state index contributed by atoms with van der Waals surface area (Å²) in [6.07, 6.45) is 24.0. The van der Waals surface area contributed by atoms with Gasteiger partial charge in [0.05, 0.1) is 4.83 Å². The van der Waals surface area contributed by atoms with E-state index >= 15 is 0 Å². The number of hydrogen-bond acceptors (Lipinski definition) is 3. The van der Waals surface area contributed by atoms with Crippen molar-refractivity contribution >= 4 is 15.9 Å². The van der Waals surface area contributed by atoms with Gasteiger partial charge < -0.3 is 15.3 Å². The predicted octanol–water partition coefficient (Wildman–Crippen LogP) is 8.04. The minimum Gasteiger partial charge on any atom is -0.343 e. The van der Waals surface area contributed by atoms with Crippen molar-refractivity contribution in [3.63, 3.8) is 0 Å². The summed E-state index contributed by atoms with van der Waals surface area (Å²) in [6.45, 7) is 6.95. The zero-order chi connectivity index (χ0) is 22.7. The van der Waals surface area contributed by atoms with E-state index in [0.717, 1.165) is 18.8 Å². The van der Waals surface area contributed by atoms with Gasteiger partial charge in [-0.05, 0) is 43.9 Å². The number of rotatable bonds is 22. The standard InChI is InChI=1S/C26H52BrO3/c1-4-7-18-23(19-8-5-2)24(20-9-6-3)21-16-14-12-10-11-13-15-17-22-25(27)26(28,29)30/h24-25,28-30H,4-22H2,1-3H3. The third-order valence-corrected chi connectivity index (χ3v) is 7.44. The van der Waals surface area contributed by atoms with Crippen molar-refractivity contribution in [3.05, 3.63) is 5.92 Å². The van der Waals surface area contributed by atoms with E-state index in [0.29, 0.717) is 6.42 Å². The number of hydrogen-bond donors (Lipinski definition) is 3. The van der Waals surface area contributed by atoms with E-state index in [1.807, 2.05) is 5.92 Å². The fourth-order valence-electron chi connectivity index (χ4n) is 4.31. The number of unbranched alkanes of at least 4 members (excludes halogenated alkanes) is 10. The summed E-state index contributed by atoms with van der Waals surface area (Å²) in [6, 6.07) is 0. The first kappa shape index (κ1) is 30.4. The minimum atomic E-state index is -2.60. The van der Waals surface area contributed by atoms with Crippen LogP contribution in [-0.2, 0) is 0 Å². The van der Waals surface area contributed by atoms with Crippen LogP contribution >= 0.6 is 15.9 Å². The molecular formula is C26H52BrO3. The molecule has 0 amide bonds. The molecule has 3 nitrogen and oxygen atoms in total. The van der Waals surface area contributed by atoms with Crippen molar-refractivity contribution in [1.29, 1.82) is 0 Å². The number of alkyl halides is 1. The Morgan fingerprint density at radius 3 is 1.43 bits per heavy atom. The van der Waals surface area contributed by atoms with Crippen molar-refractivity contribution in [2.75, 3.05) is 0 Å². The van der Waals surface area contributed by atoms with Crippen LogP contribution in [0.3, 0.4) is 0 Å². The van der Waals surface area contributed by atoms with E-state index in [-0.39, 0.29) is 0 Å². The molecule has 0 aromatic rings. The zero-order valence-electron chi connectivity index (χ0n) is 20.3. The average molecular weight is 493 g/mol. The van der Waals surface area contributed by atoms with Crippen LogP contribution in [0.5, 0.6) is 0 Å². The second-order valence-corrected chi connectivity index (χ2v) is 10.4. The molecular weight excluding hydrogens is 440 g/mol. The van der Waals surface area contributed by atoms with Gasteiger partial charge in [0, 0.05) is 0 Å². The van der Waals surface area contributed by atoms with Crippen LogP contribution in [0.1, 0.15) is 143 Å². The van der Waals surface area contributed by atoms with Gasteiger partial charge in [-0.25, -0.2) is 0 Å². The zero-order valence-corrected chi connectivity index (χ0v) is 21.9. The fraction of sp³-hybridized carbons (Fsp3) is 0.962. The Bertz CT molecular complexity index is 349. The molecule has 0 aromatic heterocycles. The fourth-order valence-corrected chi connectivity index (χ4v) is 4.64. The first-order valence-corrected chi connectivity index (χ1v) is 13.9. The van der Waals surface area contributed by atoms with Crippen LogP contribution in [0.25, 0.3) is 0 Å². The largest absolute Gasteiger partial charge is 0.343 e. The smallest absolute Gasteiger partial charge is 0.288 e. The summed E-state index contributed by atoms with van der Waals surface area (Å²) in [5, 5.41) is 27.2. The predicted molar refractivity (Wildman–Crippen MR) is 134 cm³/mol. The Labute approximate surface area is 196 Å². The van der Waals surface area contributed by atoms with Crippen LogP contribution in [0.2, 0.25) is 0 Å². The minimum absolute atomic E-state index is 0.581. The second kappa shape index (κ2) is 20.0. The molecule has 0 spiro atoms. The van der Waals surface area contributed by atoms with Crippen LogP contribution < -0.4 is 0 Å². The van der Waals surface area contributed by atoms with E-state index in [1.54, 1.807) is 0 Å². The van der Waals surface area contributed by atoms with Crippen molar-refractivity contribution in [2.24, 2.45) is 5.92 Å². The normalized spacial score (nSPS) is 14.4. The summed E-state index contributed by atoms with van der Waals surface area (Å²) in [7, 11) is 0. The Hall–Kier alpha value is 0.360. The lowest BCUT2D eigenvalue weighted by Gasteiger charge is -2.27. The molecule has 0 aliphatic rings. The lowest BCUT2D eigenvalue weighted by Crippen LogP contribution is -2.37. The highest BCUT2D eigenvalue weighted by Gasteiger charge is 2.28. The van der Waals surface area contributed by atoms with Crippen LogP contribution in [0.4, 0.5) is 0 Å². The number of aliphatic hydroxyl groups is 3. The summed E-state index contributed by atoms with van der Waals surface area (Å²) < 4.78 is 0. The molecule has 0 saturated carbocycles. The lowest BCUT2D eigenvalue weighted by molar-refractivity contribution is -0.309. The van der Waals surface area contributed by atoms with Crippen molar-refractivity contribution in [1.82, 2.24) is 0 Å². The van der Waals surface area contributed by atoms with Gasteiger partial charge in [-0.2, -0.15) is 0 Å². The molecule has 0 rings (SSSR count). The highest BCUT2D eigenvalue weighted by atomic mass is 79.9. The van der Waals surface area contributed by atoms with E-state index < -0.39 is 10.8 Å². The molecule has 2 unspecified atom stereocenters. The molecule has 0 aromatic carbocycles. The van der Waals surface area contributed by atoms with Gasteiger partial charge in [0.25, 0.3) is 5.97 Å². The maximum atomic E-state index is 9.08. The van der Waals surface area contributed by atoms with Gasteiger partial charge in [0.15, 0.2) is 0 Å². The van der Waals surface area contributed by atoms with Gasteiger partial charge in [-0.3, -0.25) is 0 Å². The Balaban J connectivity index is 3.96. The third-order valence-electron chi connectivity index (χ3n) is 6.37. The van der Waals surface area contributed by atoms with Crippen molar-refractivity contribution in [2.45, 2.75) is 154 Å². The van der Waals surface area contributed by atoms with Crippen molar-refractivity contribution in [3.8, 4) is 0 Å². The topological polar surface area (TPSA) is 60.7 Å². The highest BCUT2D eigenvalue weighted by Crippen LogP contribution is 2.34. The molecule has 0 fully saturated rings. The molecule has 2 atom stereocenters. The monoisotopic (exact) mass is 491 g/mol. The quantitative estimate of drug-likeness (QED) is 0.0814.